The molecule has 0 bridgehead atoms. The molecule has 0 amide bonds. The number of ether oxygens (including phenoxy) is 1. The van der Waals surface area contributed by atoms with Crippen molar-refractivity contribution in [2.75, 3.05) is 6.61 Å². The van der Waals surface area contributed by atoms with Gasteiger partial charge in [-0.05, 0) is 5.92 Å². The van der Waals surface area contributed by atoms with Crippen molar-refractivity contribution in [3.05, 3.63) is 0 Å². The van der Waals surface area contributed by atoms with Gasteiger partial charge in [0.15, 0.2) is 6.29 Å². The lowest BCUT2D eigenvalue weighted by Gasteiger charge is -2.07. The molecule has 0 radical (unpaired) electrons. The van der Waals surface area contributed by atoms with E-state index in [1.165, 1.54) is 0 Å². The second kappa shape index (κ2) is 2.03. The maximum absolute atomic E-state index is 8.95. The van der Waals surface area contributed by atoms with E-state index in [-0.39, 0.29) is 0 Å². The van der Waals surface area contributed by atoms with Gasteiger partial charge in [0.25, 0.3) is 0 Å². The molecule has 0 aliphatic carbocycles. The fourth-order valence-electron chi connectivity index (χ4n) is 0.835. The van der Waals surface area contributed by atoms with Crippen molar-refractivity contribution in [2.45, 2.75) is 20.1 Å². The molecule has 1 aliphatic rings. The van der Waals surface area contributed by atoms with E-state index < -0.39 is 6.29 Å². The van der Waals surface area contributed by atoms with E-state index in [9.17, 15) is 0 Å². The minimum atomic E-state index is -0.509. The Morgan fingerprint density at radius 3 is 2.25 bits per heavy atom. The van der Waals surface area contributed by atoms with Crippen LogP contribution in [0.5, 0.6) is 0 Å². The molecule has 1 aliphatic heterocycles. The van der Waals surface area contributed by atoms with Gasteiger partial charge in [0.1, 0.15) is 0 Å². The molecule has 0 saturated carbocycles. The summed E-state index contributed by atoms with van der Waals surface area (Å²) < 4.78 is 4.93. The fourth-order valence-corrected chi connectivity index (χ4v) is 0.835. The minimum Gasteiger partial charge on any atom is -0.368 e. The first-order valence-corrected chi connectivity index (χ1v) is 3.01. The molecule has 2 nitrogen and oxygen atoms in total. The van der Waals surface area contributed by atoms with Gasteiger partial charge in [0.2, 0.25) is 0 Å². The van der Waals surface area contributed by atoms with Gasteiger partial charge in [-0.3, -0.25) is 0 Å². The third kappa shape index (κ3) is 0.858. The number of aliphatic hydroxyl groups is 1. The fraction of sp³-hybridized carbons (Fsp3) is 1.00. The lowest BCUT2D eigenvalue weighted by atomic mass is 10.00. The molecule has 2 heteroatoms. The summed E-state index contributed by atoms with van der Waals surface area (Å²) in [5.41, 5.74) is 0. The van der Waals surface area contributed by atoms with Crippen molar-refractivity contribution >= 4 is 0 Å². The molecule has 0 aromatic heterocycles. The summed E-state index contributed by atoms with van der Waals surface area (Å²) in [7, 11) is 0. The van der Waals surface area contributed by atoms with Crippen molar-refractivity contribution < 1.29 is 9.84 Å². The van der Waals surface area contributed by atoms with Crippen molar-refractivity contribution in [1.29, 1.82) is 0 Å². The highest BCUT2D eigenvalue weighted by molar-refractivity contribution is 4.69. The van der Waals surface area contributed by atoms with Gasteiger partial charge < -0.3 is 9.84 Å². The third-order valence-corrected chi connectivity index (χ3v) is 1.88. The highest BCUT2D eigenvalue weighted by atomic mass is 16.6. The molecule has 1 N–H and O–H groups in total. The first-order valence-electron chi connectivity index (χ1n) is 3.01. The van der Waals surface area contributed by atoms with Crippen LogP contribution >= 0.6 is 0 Å². The minimum absolute atomic E-state index is 0.315. The van der Waals surface area contributed by atoms with Crippen LogP contribution in [0.15, 0.2) is 0 Å². The summed E-state index contributed by atoms with van der Waals surface area (Å²) in [5.74, 6) is 0.833. The average Bonchev–Trinajstić information content (AvgIpc) is 1.98. The van der Waals surface area contributed by atoms with Gasteiger partial charge in [-0.2, -0.15) is 0 Å². The van der Waals surface area contributed by atoms with Gasteiger partial charge in [-0.25, -0.2) is 0 Å². The summed E-state index contributed by atoms with van der Waals surface area (Å²) in [6.45, 7) is 4.80. The van der Waals surface area contributed by atoms with Gasteiger partial charge in [0, 0.05) is 5.92 Å². The first kappa shape index (κ1) is 6.05. The van der Waals surface area contributed by atoms with Crippen molar-refractivity contribution in [1.82, 2.24) is 0 Å². The average molecular weight is 116 g/mol. The van der Waals surface area contributed by atoms with E-state index in [1.807, 2.05) is 6.92 Å². The zero-order valence-corrected chi connectivity index (χ0v) is 5.29. The SMILES string of the molecule is C[C@@H]1C(O)OC[C@@H]1C. The molecule has 1 fully saturated rings. The first-order chi connectivity index (χ1) is 3.72. The van der Waals surface area contributed by atoms with E-state index in [0.29, 0.717) is 18.4 Å². The molecule has 48 valence electrons. The summed E-state index contributed by atoms with van der Waals surface area (Å²) in [6.07, 6.45) is -0.509. The van der Waals surface area contributed by atoms with Crippen LogP contribution in [-0.4, -0.2) is 18.0 Å². The van der Waals surface area contributed by atoms with E-state index in [1.54, 1.807) is 0 Å². The Bertz CT molecular complexity index is 72.6. The zero-order chi connectivity index (χ0) is 6.15. The van der Waals surface area contributed by atoms with Crippen molar-refractivity contribution in [3.63, 3.8) is 0 Å². The van der Waals surface area contributed by atoms with Crippen molar-refractivity contribution in [3.8, 4) is 0 Å². The number of hydrogen-bond donors (Lipinski definition) is 1. The normalized spacial score (nSPS) is 47.6. The van der Waals surface area contributed by atoms with Crippen LogP contribution in [-0.2, 0) is 4.74 Å². The molecule has 3 atom stereocenters. The van der Waals surface area contributed by atoms with E-state index >= 15 is 0 Å². The summed E-state index contributed by atoms with van der Waals surface area (Å²) >= 11 is 0. The summed E-state index contributed by atoms with van der Waals surface area (Å²) in [4.78, 5) is 0. The maximum Gasteiger partial charge on any atom is 0.157 e. The lowest BCUT2D eigenvalue weighted by Crippen LogP contribution is -2.14. The molecular formula is C6H12O2. The predicted octanol–water partition coefficient (Wildman–Crippen LogP) is 0.607. The number of aliphatic hydroxyl groups excluding tert-OH is 1. The maximum atomic E-state index is 8.95. The molecule has 8 heavy (non-hydrogen) atoms. The van der Waals surface area contributed by atoms with Crippen LogP contribution in [0.4, 0.5) is 0 Å². The Morgan fingerprint density at radius 2 is 2.12 bits per heavy atom. The number of rotatable bonds is 0. The van der Waals surface area contributed by atoms with Gasteiger partial charge in [0.05, 0.1) is 6.61 Å². The standard InChI is InChI=1S/C6H12O2/c1-4-3-8-6(7)5(4)2/h4-7H,3H2,1-2H3/t4-,5-,6?/m0/s1. The van der Waals surface area contributed by atoms with Crippen LogP contribution in [0.1, 0.15) is 13.8 Å². The highest BCUT2D eigenvalue weighted by Gasteiger charge is 2.28. The van der Waals surface area contributed by atoms with Crippen molar-refractivity contribution in [2.24, 2.45) is 11.8 Å². The summed E-state index contributed by atoms with van der Waals surface area (Å²) in [5, 5.41) is 8.95. The van der Waals surface area contributed by atoms with Gasteiger partial charge in [-0.1, -0.05) is 13.8 Å². The van der Waals surface area contributed by atoms with Gasteiger partial charge in [-0.15, -0.1) is 0 Å². The van der Waals surface area contributed by atoms with E-state index in [2.05, 4.69) is 6.92 Å². The lowest BCUT2D eigenvalue weighted by molar-refractivity contribution is -0.0786. The highest BCUT2D eigenvalue weighted by Crippen LogP contribution is 2.23. The second-order valence-corrected chi connectivity index (χ2v) is 2.56. The number of hydrogen-bond acceptors (Lipinski definition) is 2. The van der Waals surface area contributed by atoms with Crippen LogP contribution in [0.2, 0.25) is 0 Å². The Morgan fingerprint density at radius 1 is 1.50 bits per heavy atom. The molecule has 0 aromatic carbocycles. The smallest absolute Gasteiger partial charge is 0.157 e. The molecule has 1 heterocycles. The van der Waals surface area contributed by atoms with Gasteiger partial charge >= 0.3 is 0 Å². The van der Waals surface area contributed by atoms with Crippen LogP contribution in [0.3, 0.4) is 0 Å². The molecular weight excluding hydrogens is 104 g/mol. The topological polar surface area (TPSA) is 29.5 Å². The van der Waals surface area contributed by atoms with Crippen LogP contribution in [0.25, 0.3) is 0 Å². The van der Waals surface area contributed by atoms with Crippen LogP contribution in [0, 0.1) is 11.8 Å². The monoisotopic (exact) mass is 116 g/mol. The Balaban J connectivity index is 2.44. The molecule has 1 rings (SSSR count). The molecule has 1 saturated heterocycles. The van der Waals surface area contributed by atoms with E-state index in [4.69, 9.17) is 9.84 Å². The van der Waals surface area contributed by atoms with E-state index in [0.717, 1.165) is 0 Å². The Hall–Kier alpha value is -0.0800. The Labute approximate surface area is 49.5 Å². The zero-order valence-electron chi connectivity index (χ0n) is 5.29. The summed E-state index contributed by atoms with van der Waals surface area (Å²) in [6, 6.07) is 0. The Kier molecular flexibility index (Phi) is 1.54. The quantitative estimate of drug-likeness (QED) is 0.502. The second-order valence-electron chi connectivity index (χ2n) is 2.56. The van der Waals surface area contributed by atoms with Crippen LogP contribution < -0.4 is 0 Å². The largest absolute Gasteiger partial charge is 0.368 e. The predicted molar refractivity (Wildman–Crippen MR) is 30.3 cm³/mol. The molecule has 0 aromatic rings. The molecule has 0 spiro atoms. The third-order valence-electron chi connectivity index (χ3n) is 1.88. The molecule has 1 unspecified atom stereocenters.